The number of hydrogen-bond acceptors (Lipinski definition) is 6. The summed E-state index contributed by atoms with van der Waals surface area (Å²) in [7, 11) is 0. The molecule has 0 fully saturated rings. The largest absolute Gasteiger partial charge is 0.484 e. The van der Waals surface area contributed by atoms with Gasteiger partial charge in [-0.2, -0.15) is 4.37 Å². The summed E-state index contributed by atoms with van der Waals surface area (Å²) in [5, 5.41) is 13.1. The maximum absolute atomic E-state index is 9.12. The van der Waals surface area contributed by atoms with Crippen molar-refractivity contribution >= 4 is 22.4 Å². The Morgan fingerprint density at radius 1 is 1.56 bits per heavy atom. The van der Waals surface area contributed by atoms with Gasteiger partial charge in [0.2, 0.25) is 0 Å². The van der Waals surface area contributed by atoms with E-state index in [1.165, 1.54) is 11.5 Å². The Kier molecular flexibility index (Phi) is 4.82. The fourth-order valence-corrected chi connectivity index (χ4v) is 1.93. The molecule has 0 aliphatic carbocycles. The average Bonchev–Trinajstić information content (AvgIpc) is 2.57. The van der Waals surface area contributed by atoms with Gasteiger partial charge in [-0.3, -0.25) is 0 Å². The average molecular weight is 245 g/mol. The Balaban J connectivity index is 2.79. The number of ether oxygens (including phenoxy) is 1. The van der Waals surface area contributed by atoms with Crippen molar-refractivity contribution in [2.45, 2.75) is 39.3 Å². The number of hydrogen-bond donors (Lipinski definition) is 3. The van der Waals surface area contributed by atoms with Crippen molar-refractivity contribution in [1.82, 2.24) is 4.37 Å². The monoisotopic (exact) mass is 245 g/mol. The molecule has 0 saturated heterocycles. The Bertz CT molecular complexity index is 324. The van der Waals surface area contributed by atoms with Crippen LogP contribution in [0.3, 0.4) is 0 Å². The highest BCUT2D eigenvalue weighted by Gasteiger charge is 2.16. The number of rotatable bonds is 6. The Morgan fingerprint density at radius 3 is 2.75 bits per heavy atom. The second kappa shape index (κ2) is 5.91. The van der Waals surface area contributed by atoms with Crippen molar-refractivity contribution in [1.29, 1.82) is 0 Å². The third-order valence-corrected chi connectivity index (χ3v) is 2.85. The number of nitrogen functional groups attached to an aromatic ring is 1. The third-order valence-electron chi connectivity index (χ3n) is 2.08. The first-order valence-corrected chi connectivity index (χ1v) is 6.15. The highest BCUT2D eigenvalue weighted by molar-refractivity contribution is 7.11. The summed E-state index contributed by atoms with van der Waals surface area (Å²) in [4.78, 5) is 0. The SMILES string of the molecule is CCC(CO)Nc1snc(N)c1OC(C)C. The van der Waals surface area contributed by atoms with Gasteiger partial charge in [-0.25, -0.2) is 0 Å². The number of nitrogens with two attached hydrogens (primary N) is 1. The van der Waals surface area contributed by atoms with Crippen LogP contribution in [0.25, 0.3) is 0 Å². The number of anilines is 2. The maximum Gasteiger partial charge on any atom is 0.197 e. The summed E-state index contributed by atoms with van der Waals surface area (Å²) >= 11 is 1.25. The molecule has 0 radical (unpaired) electrons. The zero-order valence-electron chi connectivity index (χ0n) is 9.86. The van der Waals surface area contributed by atoms with E-state index in [0.29, 0.717) is 11.6 Å². The van der Waals surface area contributed by atoms with Crippen LogP contribution >= 0.6 is 11.5 Å². The molecule has 6 heteroatoms. The zero-order valence-corrected chi connectivity index (χ0v) is 10.7. The number of aliphatic hydroxyl groups excluding tert-OH is 1. The Labute approximate surface area is 99.8 Å². The summed E-state index contributed by atoms with van der Waals surface area (Å²) < 4.78 is 9.63. The van der Waals surface area contributed by atoms with Crippen molar-refractivity contribution in [2.24, 2.45) is 0 Å². The van der Waals surface area contributed by atoms with E-state index in [1.54, 1.807) is 0 Å². The molecule has 1 aromatic heterocycles. The molecule has 0 aliphatic rings. The van der Waals surface area contributed by atoms with E-state index < -0.39 is 0 Å². The molecule has 0 spiro atoms. The van der Waals surface area contributed by atoms with E-state index in [1.807, 2.05) is 20.8 Å². The van der Waals surface area contributed by atoms with Gasteiger partial charge in [0.15, 0.2) is 16.6 Å². The number of nitrogens with zero attached hydrogens (tertiary/aromatic N) is 1. The van der Waals surface area contributed by atoms with Crippen molar-refractivity contribution < 1.29 is 9.84 Å². The Hall–Kier alpha value is -1.01. The predicted molar refractivity (Wildman–Crippen MR) is 67.1 cm³/mol. The van der Waals surface area contributed by atoms with E-state index in [2.05, 4.69) is 9.69 Å². The zero-order chi connectivity index (χ0) is 12.1. The van der Waals surface area contributed by atoms with Crippen LogP contribution < -0.4 is 15.8 Å². The second-order valence-corrected chi connectivity index (χ2v) is 4.60. The van der Waals surface area contributed by atoms with Gasteiger partial charge in [0.25, 0.3) is 0 Å². The molecule has 92 valence electrons. The molecule has 0 amide bonds. The molecule has 4 N–H and O–H groups in total. The fraction of sp³-hybridized carbons (Fsp3) is 0.700. The number of aromatic nitrogens is 1. The van der Waals surface area contributed by atoms with Crippen LogP contribution in [0.15, 0.2) is 0 Å². The second-order valence-electron chi connectivity index (χ2n) is 3.82. The normalized spacial score (nSPS) is 12.8. The van der Waals surface area contributed by atoms with Crippen molar-refractivity contribution in [3.05, 3.63) is 0 Å². The molecular formula is C10H19N3O2S. The molecule has 1 rings (SSSR count). The fourth-order valence-electron chi connectivity index (χ4n) is 1.20. The summed E-state index contributed by atoms with van der Waals surface area (Å²) in [6, 6.07) is 0.00867. The summed E-state index contributed by atoms with van der Waals surface area (Å²) in [6.45, 7) is 5.95. The lowest BCUT2D eigenvalue weighted by molar-refractivity contribution is 0.244. The molecule has 16 heavy (non-hydrogen) atoms. The van der Waals surface area contributed by atoms with E-state index in [-0.39, 0.29) is 18.8 Å². The van der Waals surface area contributed by atoms with Gasteiger partial charge in [0.1, 0.15) is 0 Å². The van der Waals surface area contributed by atoms with Gasteiger partial charge in [-0.05, 0) is 31.8 Å². The molecule has 1 heterocycles. The smallest absolute Gasteiger partial charge is 0.197 e. The lowest BCUT2D eigenvalue weighted by atomic mass is 10.2. The minimum absolute atomic E-state index is 0.00867. The summed E-state index contributed by atoms with van der Waals surface area (Å²) in [5.41, 5.74) is 5.72. The number of aliphatic hydroxyl groups is 1. The molecule has 1 aromatic rings. The van der Waals surface area contributed by atoms with Gasteiger partial charge in [-0.15, -0.1) is 0 Å². The summed E-state index contributed by atoms with van der Waals surface area (Å²) in [6.07, 6.45) is 0.878. The quantitative estimate of drug-likeness (QED) is 0.710. The lowest BCUT2D eigenvalue weighted by Crippen LogP contribution is -2.22. The Morgan fingerprint density at radius 2 is 2.25 bits per heavy atom. The minimum Gasteiger partial charge on any atom is -0.484 e. The van der Waals surface area contributed by atoms with Gasteiger partial charge in [0.05, 0.1) is 12.7 Å². The van der Waals surface area contributed by atoms with Crippen LogP contribution in [-0.4, -0.2) is 28.2 Å². The van der Waals surface area contributed by atoms with Crippen LogP contribution in [0.2, 0.25) is 0 Å². The van der Waals surface area contributed by atoms with Crippen molar-refractivity contribution in [3.63, 3.8) is 0 Å². The molecule has 0 aliphatic heterocycles. The molecule has 5 nitrogen and oxygen atoms in total. The molecule has 0 bridgehead atoms. The van der Waals surface area contributed by atoms with Crippen LogP contribution in [0.4, 0.5) is 10.8 Å². The first-order valence-electron chi connectivity index (χ1n) is 5.37. The molecule has 1 atom stereocenters. The van der Waals surface area contributed by atoms with Gasteiger partial charge >= 0.3 is 0 Å². The first kappa shape index (κ1) is 13.1. The van der Waals surface area contributed by atoms with Gasteiger partial charge < -0.3 is 20.9 Å². The van der Waals surface area contributed by atoms with E-state index in [4.69, 9.17) is 15.6 Å². The highest BCUT2D eigenvalue weighted by Crippen LogP contribution is 2.36. The topological polar surface area (TPSA) is 80.4 Å². The number of nitrogens with one attached hydrogen (secondary N) is 1. The standard InChI is InChI=1S/C10H19N3O2S/c1-4-7(5-14)12-10-8(15-6(2)3)9(11)13-16-10/h6-7,12,14H,4-5H2,1-3H3,(H2,11,13). The third kappa shape index (κ3) is 3.24. The van der Waals surface area contributed by atoms with Crippen molar-refractivity contribution in [2.75, 3.05) is 17.7 Å². The van der Waals surface area contributed by atoms with Gasteiger partial charge in [-0.1, -0.05) is 6.92 Å². The van der Waals surface area contributed by atoms with Crippen LogP contribution in [-0.2, 0) is 0 Å². The molecule has 0 saturated carbocycles. The minimum atomic E-state index is 0.00867. The van der Waals surface area contributed by atoms with Crippen molar-refractivity contribution in [3.8, 4) is 5.75 Å². The van der Waals surface area contributed by atoms with Crippen LogP contribution in [0.1, 0.15) is 27.2 Å². The first-order chi connectivity index (χ1) is 7.58. The van der Waals surface area contributed by atoms with Gasteiger partial charge in [0, 0.05) is 6.04 Å². The predicted octanol–water partition coefficient (Wildman–Crippen LogP) is 1.70. The van der Waals surface area contributed by atoms with Crippen LogP contribution in [0, 0.1) is 0 Å². The highest BCUT2D eigenvalue weighted by atomic mass is 32.1. The van der Waals surface area contributed by atoms with Crippen LogP contribution in [0.5, 0.6) is 5.75 Å². The van der Waals surface area contributed by atoms with E-state index in [9.17, 15) is 0 Å². The van der Waals surface area contributed by atoms with E-state index >= 15 is 0 Å². The molecule has 1 unspecified atom stereocenters. The molecular weight excluding hydrogens is 226 g/mol. The summed E-state index contributed by atoms with van der Waals surface area (Å²) in [5.74, 6) is 0.987. The molecule has 0 aromatic carbocycles. The lowest BCUT2D eigenvalue weighted by Gasteiger charge is -2.16. The maximum atomic E-state index is 9.12. The van der Waals surface area contributed by atoms with E-state index in [0.717, 1.165) is 11.4 Å².